The van der Waals surface area contributed by atoms with Crippen molar-refractivity contribution in [2.45, 2.75) is 58.6 Å². The number of ether oxygens (including phenoxy) is 1. The molecule has 2 atom stereocenters. The molecule has 1 aliphatic rings. The van der Waals surface area contributed by atoms with Gasteiger partial charge in [-0.15, -0.1) is 11.3 Å². The number of nitrogens with one attached hydrogen (secondary N) is 1. The Morgan fingerprint density at radius 1 is 1.25 bits per heavy atom. The molecule has 3 aromatic rings. The highest BCUT2D eigenvalue weighted by molar-refractivity contribution is 7.17. The van der Waals surface area contributed by atoms with Gasteiger partial charge in [0.2, 0.25) is 5.91 Å². The number of amides is 1. The summed E-state index contributed by atoms with van der Waals surface area (Å²) in [6.07, 6.45) is 6.93. The molecular formula is C25H31N3O3S. The van der Waals surface area contributed by atoms with Crippen LogP contribution >= 0.6 is 11.3 Å². The Bertz CT molecular complexity index is 1120. The van der Waals surface area contributed by atoms with Gasteiger partial charge in [0.15, 0.2) is 0 Å². The zero-order chi connectivity index (χ0) is 22.5. The number of nitrogens with zero attached hydrogens (tertiary/aromatic N) is 2. The fourth-order valence-electron chi connectivity index (χ4n) is 4.31. The van der Waals surface area contributed by atoms with Gasteiger partial charge in [0.1, 0.15) is 4.83 Å². The first-order chi connectivity index (χ1) is 15.5. The Morgan fingerprint density at radius 2 is 2.03 bits per heavy atom. The third-order valence-electron chi connectivity index (χ3n) is 6.29. The van der Waals surface area contributed by atoms with Gasteiger partial charge in [-0.1, -0.05) is 49.6 Å². The second-order valence-electron chi connectivity index (χ2n) is 8.71. The molecule has 0 spiro atoms. The molecule has 0 saturated heterocycles. The van der Waals surface area contributed by atoms with Crippen LogP contribution in [0.4, 0.5) is 0 Å². The van der Waals surface area contributed by atoms with Crippen LogP contribution in [0.2, 0.25) is 0 Å². The summed E-state index contributed by atoms with van der Waals surface area (Å²) in [6, 6.07) is 8.13. The number of hydrogen-bond acceptors (Lipinski definition) is 5. The molecule has 1 amide bonds. The standard InChI is InChI=1S/C25H31N3O3S/c1-17-7-9-19(10-8-17)20-15-32-24-23(20)25(30)28(16-27-24)13-11-22(29)26-12-14-31-21-6-4-3-5-18(21)2/h7-10,15-16,18,21H,3-6,11-14H2,1-2H3,(H,26,29). The lowest BCUT2D eigenvalue weighted by atomic mass is 9.88. The summed E-state index contributed by atoms with van der Waals surface area (Å²) in [7, 11) is 0. The molecule has 170 valence electrons. The molecule has 2 aromatic heterocycles. The predicted molar refractivity (Wildman–Crippen MR) is 129 cm³/mol. The molecule has 2 unspecified atom stereocenters. The fourth-order valence-corrected chi connectivity index (χ4v) is 5.22. The van der Waals surface area contributed by atoms with E-state index >= 15 is 0 Å². The lowest BCUT2D eigenvalue weighted by molar-refractivity contribution is -0.121. The third kappa shape index (κ3) is 5.27. The van der Waals surface area contributed by atoms with E-state index in [-0.39, 0.29) is 17.9 Å². The zero-order valence-electron chi connectivity index (χ0n) is 18.8. The molecule has 1 aliphatic carbocycles. The normalized spacial score (nSPS) is 18.7. The second kappa shape index (κ2) is 10.4. The highest BCUT2D eigenvalue weighted by Gasteiger charge is 2.21. The van der Waals surface area contributed by atoms with E-state index in [2.05, 4.69) is 17.2 Å². The Labute approximate surface area is 192 Å². The van der Waals surface area contributed by atoms with E-state index in [9.17, 15) is 9.59 Å². The maximum atomic E-state index is 13.1. The Morgan fingerprint density at radius 3 is 2.81 bits per heavy atom. The first kappa shape index (κ1) is 22.7. The third-order valence-corrected chi connectivity index (χ3v) is 7.18. The molecule has 4 rings (SSSR count). The minimum Gasteiger partial charge on any atom is -0.376 e. The number of carbonyl (C=O) groups excluding carboxylic acids is 1. The average Bonchev–Trinajstić information content (AvgIpc) is 3.23. The van der Waals surface area contributed by atoms with E-state index in [1.807, 2.05) is 36.6 Å². The smallest absolute Gasteiger partial charge is 0.262 e. The summed E-state index contributed by atoms with van der Waals surface area (Å²) in [5.74, 6) is 0.511. The molecule has 1 fully saturated rings. The predicted octanol–water partition coefficient (Wildman–Crippen LogP) is 4.54. The first-order valence-electron chi connectivity index (χ1n) is 11.4. The number of hydrogen-bond donors (Lipinski definition) is 1. The highest BCUT2D eigenvalue weighted by Crippen LogP contribution is 2.30. The van der Waals surface area contributed by atoms with Crippen LogP contribution < -0.4 is 10.9 Å². The monoisotopic (exact) mass is 453 g/mol. The summed E-state index contributed by atoms with van der Waals surface area (Å²) in [6.45, 7) is 5.61. The molecule has 0 radical (unpaired) electrons. The average molecular weight is 454 g/mol. The van der Waals surface area contributed by atoms with Crippen LogP contribution in [0.25, 0.3) is 21.3 Å². The van der Waals surface area contributed by atoms with Crippen LogP contribution in [0.5, 0.6) is 0 Å². The van der Waals surface area contributed by atoms with Crippen LogP contribution in [0.1, 0.15) is 44.6 Å². The fraction of sp³-hybridized carbons (Fsp3) is 0.480. The van der Waals surface area contributed by atoms with E-state index < -0.39 is 0 Å². The van der Waals surface area contributed by atoms with Gasteiger partial charge in [-0.2, -0.15) is 0 Å². The Kier molecular flexibility index (Phi) is 7.37. The van der Waals surface area contributed by atoms with Crippen molar-refractivity contribution in [3.63, 3.8) is 0 Å². The molecule has 1 aromatic carbocycles. The van der Waals surface area contributed by atoms with Crippen molar-refractivity contribution in [2.75, 3.05) is 13.2 Å². The number of rotatable bonds is 8. The first-order valence-corrected chi connectivity index (χ1v) is 12.3. The lowest BCUT2D eigenvalue weighted by Crippen LogP contribution is -2.32. The van der Waals surface area contributed by atoms with Gasteiger partial charge in [0, 0.05) is 30.5 Å². The molecule has 6 nitrogen and oxygen atoms in total. The zero-order valence-corrected chi connectivity index (χ0v) is 19.6. The van der Waals surface area contributed by atoms with Gasteiger partial charge in [0.25, 0.3) is 5.56 Å². The van der Waals surface area contributed by atoms with Crippen LogP contribution in [-0.2, 0) is 16.1 Å². The van der Waals surface area contributed by atoms with Gasteiger partial charge in [-0.25, -0.2) is 4.98 Å². The van der Waals surface area contributed by atoms with E-state index in [1.165, 1.54) is 40.7 Å². The molecule has 0 bridgehead atoms. The summed E-state index contributed by atoms with van der Waals surface area (Å²) in [5, 5.41) is 5.51. The van der Waals surface area contributed by atoms with Gasteiger partial charge in [-0.3, -0.25) is 14.2 Å². The van der Waals surface area contributed by atoms with Crippen LogP contribution in [0.3, 0.4) is 0 Å². The van der Waals surface area contributed by atoms with E-state index in [0.717, 1.165) is 22.4 Å². The number of aryl methyl sites for hydroxylation is 2. The largest absolute Gasteiger partial charge is 0.376 e. The van der Waals surface area contributed by atoms with Gasteiger partial charge >= 0.3 is 0 Å². The molecule has 1 N–H and O–H groups in total. The molecule has 2 heterocycles. The number of carbonyl (C=O) groups is 1. The quantitative estimate of drug-likeness (QED) is 0.509. The van der Waals surface area contributed by atoms with Crippen LogP contribution in [0, 0.1) is 12.8 Å². The van der Waals surface area contributed by atoms with Gasteiger partial charge < -0.3 is 10.1 Å². The van der Waals surface area contributed by atoms with Crippen molar-refractivity contribution in [3.05, 3.63) is 51.9 Å². The number of fused-ring (bicyclic) bond motifs is 1. The van der Waals surface area contributed by atoms with Crippen LogP contribution in [-0.4, -0.2) is 34.7 Å². The molecule has 0 aliphatic heterocycles. The summed E-state index contributed by atoms with van der Waals surface area (Å²) in [5.41, 5.74) is 2.97. The van der Waals surface area contributed by atoms with Crippen molar-refractivity contribution >= 4 is 27.5 Å². The maximum absolute atomic E-state index is 13.1. The van der Waals surface area contributed by atoms with Crippen LogP contribution in [0.15, 0.2) is 40.8 Å². The van der Waals surface area contributed by atoms with Crippen molar-refractivity contribution < 1.29 is 9.53 Å². The van der Waals surface area contributed by atoms with Crippen molar-refractivity contribution in [2.24, 2.45) is 5.92 Å². The van der Waals surface area contributed by atoms with Gasteiger partial charge in [-0.05, 0) is 31.2 Å². The Balaban J connectivity index is 1.33. The molecule has 32 heavy (non-hydrogen) atoms. The minimum absolute atomic E-state index is 0.0821. The Hall–Kier alpha value is -2.51. The van der Waals surface area contributed by atoms with E-state index in [4.69, 9.17) is 4.74 Å². The van der Waals surface area contributed by atoms with Gasteiger partial charge in [0.05, 0.1) is 24.4 Å². The summed E-state index contributed by atoms with van der Waals surface area (Å²) < 4.78 is 7.48. The molecular weight excluding hydrogens is 422 g/mol. The minimum atomic E-state index is -0.103. The lowest BCUT2D eigenvalue weighted by Gasteiger charge is -2.28. The molecule has 7 heteroatoms. The second-order valence-corrected chi connectivity index (χ2v) is 9.57. The SMILES string of the molecule is Cc1ccc(-c2csc3ncn(CCC(=O)NCCOC4CCCCC4C)c(=O)c23)cc1. The van der Waals surface area contributed by atoms with E-state index in [0.29, 0.717) is 37.1 Å². The van der Waals surface area contributed by atoms with Crippen molar-refractivity contribution in [3.8, 4) is 11.1 Å². The molecule has 1 saturated carbocycles. The maximum Gasteiger partial charge on any atom is 0.262 e. The van der Waals surface area contributed by atoms with Crippen molar-refractivity contribution in [1.29, 1.82) is 0 Å². The number of thiophene rings is 1. The summed E-state index contributed by atoms with van der Waals surface area (Å²) >= 11 is 1.47. The topological polar surface area (TPSA) is 73.2 Å². The highest BCUT2D eigenvalue weighted by atomic mass is 32.1. The summed E-state index contributed by atoms with van der Waals surface area (Å²) in [4.78, 5) is 30.6. The van der Waals surface area contributed by atoms with Crippen molar-refractivity contribution in [1.82, 2.24) is 14.9 Å². The van der Waals surface area contributed by atoms with E-state index in [1.54, 1.807) is 6.33 Å². The number of aromatic nitrogens is 2. The number of benzene rings is 1.